The fraction of sp³-hybridized carbons (Fsp3) is 0.222. The molecule has 0 saturated heterocycles. The van der Waals surface area contributed by atoms with Crippen LogP contribution < -0.4 is 5.32 Å². The summed E-state index contributed by atoms with van der Waals surface area (Å²) in [6.45, 7) is 1.99. The van der Waals surface area contributed by atoms with Gasteiger partial charge in [0.1, 0.15) is 6.04 Å². The number of amides is 1. The number of ether oxygens (including phenoxy) is 1. The Morgan fingerprint density at radius 1 is 1.09 bits per heavy atom. The molecule has 0 saturated carbocycles. The van der Waals surface area contributed by atoms with Crippen molar-refractivity contribution in [1.82, 2.24) is 5.32 Å². The highest BCUT2D eigenvalue weighted by Crippen LogP contribution is 2.09. The maximum atomic E-state index is 12.2. The van der Waals surface area contributed by atoms with Gasteiger partial charge in [0.15, 0.2) is 0 Å². The van der Waals surface area contributed by atoms with Crippen molar-refractivity contribution in [3.05, 3.63) is 71.3 Å². The van der Waals surface area contributed by atoms with Crippen molar-refractivity contribution in [3.63, 3.8) is 0 Å². The Kier molecular flexibility index (Phi) is 5.31. The predicted octanol–water partition coefficient (Wildman–Crippen LogP) is 2.51. The normalized spacial score (nSPS) is 11.5. The van der Waals surface area contributed by atoms with E-state index in [2.05, 4.69) is 5.32 Å². The Hall–Kier alpha value is -2.62. The quantitative estimate of drug-likeness (QED) is 0.863. The van der Waals surface area contributed by atoms with Gasteiger partial charge in [0.25, 0.3) is 5.91 Å². The highest BCUT2D eigenvalue weighted by molar-refractivity contribution is 5.96. The van der Waals surface area contributed by atoms with Crippen LogP contribution in [0.4, 0.5) is 0 Å². The Morgan fingerprint density at radius 2 is 1.82 bits per heavy atom. The van der Waals surface area contributed by atoms with Crippen molar-refractivity contribution in [2.24, 2.45) is 0 Å². The molecule has 4 nitrogen and oxygen atoms in total. The lowest BCUT2D eigenvalue weighted by molar-refractivity contribution is -0.142. The molecule has 0 bridgehead atoms. The van der Waals surface area contributed by atoms with Gasteiger partial charge in [-0.25, -0.2) is 4.79 Å². The molecule has 0 fully saturated rings. The van der Waals surface area contributed by atoms with Crippen LogP contribution in [0.25, 0.3) is 0 Å². The van der Waals surface area contributed by atoms with E-state index in [1.165, 1.54) is 7.11 Å². The molecule has 22 heavy (non-hydrogen) atoms. The fourth-order valence-electron chi connectivity index (χ4n) is 2.24. The zero-order chi connectivity index (χ0) is 15.9. The molecule has 0 radical (unpaired) electrons. The van der Waals surface area contributed by atoms with E-state index in [4.69, 9.17) is 4.74 Å². The third-order valence-corrected chi connectivity index (χ3v) is 3.35. The van der Waals surface area contributed by atoms with Crippen molar-refractivity contribution in [2.75, 3.05) is 7.11 Å². The number of benzene rings is 2. The fourth-order valence-corrected chi connectivity index (χ4v) is 2.24. The van der Waals surface area contributed by atoms with E-state index >= 15 is 0 Å². The van der Waals surface area contributed by atoms with Crippen molar-refractivity contribution >= 4 is 11.9 Å². The third-order valence-electron chi connectivity index (χ3n) is 3.35. The third kappa shape index (κ3) is 4.19. The first-order valence-electron chi connectivity index (χ1n) is 7.09. The number of hydrogen-bond donors (Lipinski definition) is 1. The summed E-state index contributed by atoms with van der Waals surface area (Å²) in [6.07, 6.45) is 0.396. The second-order valence-electron chi connectivity index (χ2n) is 5.11. The van der Waals surface area contributed by atoms with Crippen LogP contribution in [0.15, 0.2) is 54.6 Å². The van der Waals surface area contributed by atoms with E-state index < -0.39 is 12.0 Å². The first kappa shape index (κ1) is 15.8. The highest BCUT2D eigenvalue weighted by atomic mass is 16.5. The summed E-state index contributed by atoms with van der Waals surface area (Å²) in [5.41, 5.74) is 2.60. The van der Waals surface area contributed by atoms with E-state index in [0.717, 1.165) is 11.1 Å². The molecule has 2 aromatic rings. The summed E-state index contributed by atoms with van der Waals surface area (Å²) in [7, 11) is 1.32. The lowest BCUT2D eigenvalue weighted by atomic mass is 10.0. The van der Waals surface area contributed by atoms with Crippen LogP contribution >= 0.6 is 0 Å². The minimum atomic E-state index is -0.709. The van der Waals surface area contributed by atoms with Gasteiger partial charge in [-0.2, -0.15) is 0 Å². The molecule has 1 atom stereocenters. The van der Waals surface area contributed by atoms with Gasteiger partial charge >= 0.3 is 5.97 Å². The lowest BCUT2D eigenvalue weighted by Gasteiger charge is -2.17. The van der Waals surface area contributed by atoms with E-state index in [1.807, 2.05) is 37.3 Å². The number of rotatable bonds is 5. The van der Waals surface area contributed by atoms with Gasteiger partial charge in [0.05, 0.1) is 7.11 Å². The molecule has 114 valence electrons. The summed E-state index contributed by atoms with van der Waals surface area (Å²) in [5.74, 6) is -0.741. The monoisotopic (exact) mass is 297 g/mol. The average molecular weight is 297 g/mol. The van der Waals surface area contributed by atoms with Crippen molar-refractivity contribution < 1.29 is 14.3 Å². The van der Waals surface area contributed by atoms with Crippen LogP contribution in [-0.2, 0) is 16.0 Å². The van der Waals surface area contributed by atoms with Gasteiger partial charge < -0.3 is 10.1 Å². The molecule has 0 unspecified atom stereocenters. The molecule has 0 heterocycles. The number of carbonyl (C=O) groups is 2. The molecule has 0 aromatic heterocycles. The highest BCUT2D eigenvalue weighted by Gasteiger charge is 2.22. The average Bonchev–Trinajstić information content (AvgIpc) is 2.54. The Labute approximate surface area is 130 Å². The standard InChI is InChI=1S/C18H19NO3/c1-13-7-6-8-14(11-13)12-16(18(21)22-2)19-17(20)15-9-4-3-5-10-15/h3-11,16H,12H2,1-2H3,(H,19,20)/t16-/m1/s1. The molecule has 4 heteroatoms. The molecule has 0 aliphatic carbocycles. The molecule has 0 spiro atoms. The van der Waals surface area contributed by atoms with Crippen molar-refractivity contribution in [3.8, 4) is 0 Å². The molecule has 0 aliphatic rings. The van der Waals surface area contributed by atoms with Crippen molar-refractivity contribution in [1.29, 1.82) is 0 Å². The van der Waals surface area contributed by atoms with Crippen LogP contribution in [0.2, 0.25) is 0 Å². The number of hydrogen-bond acceptors (Lipinski definition) is 3. The van der Waals surface area contributed by atoms with Crippen LogP contribution in [0.1, 0.15) is 21.5 Å². The van der Waals surface area contributed by atoms with Gasteiger partial charge in [0, 0.05) is 12.0 Å². The van der Waals surface area contributed by atoms with Crippen LogP contribution in [0.3, 0.4) is 0 Å². The molecule has 2 aromatic carbocycles. The Morgan fingerprint density at radius 3 is 2.45 bits per heavy atom. The SMILES string of the molecule is COC(=O)[C@@H](Cc1cccc(C)c1)NC(=O)c1ccccc1. The predicted molar refractivity (Wildman–Crippen MR) is 84.6 cm³/mol. The van der Waals surface area contributed by atoms with E-state index in [-0.39, 0.29) is 5.91 Å². The van der Waals surface area contributed by atoms with Crippen LogP contribution in [0.5, 0.6) is 0 Å². The van der Waals surface area contributed by atoms with Gasteiger partial charge in [-0.3, -0.25) is 4.79 Å². The first-order valence-corrected chi connectivity index (χ1v) is 7.09. The number of esters is 1. The number of carbonyl (C=O) groups excluding carboxylic acids is 2. The van der Waals surface area contributed by atoms with Crippen molar-refractivity contribution in [2.45, 2.75) is 19.4 Å². The van der Waals surface area contributed by atoms with Gasteiger partial charge in [0.2, 0.25) is 0 Å². The maximum absolute atomic E-state index is 12.2. The molecule has 2 rings (SSSR count). The minimum Gasteiger partial charge on any atom is -0.467 e. The Bertz CT molecular complexity index is 652. The molecular weight excluding hydrogens is 278 g/mol. The van der Waals surface area contributed by atoms with Crippen LogP contribution in [0, 0.1) is 6.92 Å². The number of aryl methyl sites for hydroxylation is 1. The minimum absolute atomic E-state index is 0.288. The second kappa shape index (κ2) is 7.41. The topological polar surface area (TPSA) is 55.4 Å². The summed E-state index contributed by atoms with van der Waals surface area (Å²) in [6, 6.07) is 15.9. The number of methoxy groups -OCH3 is 1. The lowest BCUT2D eigenvalue weighted by Crippen LogP contribution is -2.43. The smallest absolute Gasteiger partial charge is 0.328 e. The first-order chi connectivity index (χ1) is 10.6. The van der Waals surface area contributed by atoms with E-state index in [9.17, 15) is 9.59 Å². The zero-order valence-electron chi connectivity index (χ0n) is 12.7. The molecule has 0 aliphatic heterocycles. The molecule has 1 amide bonds. The van der Waals surface area contributed by atoms with Gasteiger partial charge in [-0.05, 0) is 24.6 Å². The zero-order valence-corrected chi connectivity index (χ0v) is 12.7. The molecule has 1 N–H and O–H groups in total. The summed E-state index contributed by atoms with van der Waals surface area (Å²) in [4.78, 5) is 24.1. The largest absolute Gasteiger partial charge is 0.467 e. The van der Waals surface area contributed by atoms with Gasteiger partial charge in [-0.15, -0.1) is 0 Å². The van der Waals surface area contributed by atoms with Gasteiger partial charge in [-0.1, -0.05) is 48.0 Å². The molecular formula is C18H19NO3. The summed E-state index contributed by atoms with van der Waals surface area (Å²) < 4.78 is 4.80. The Balaban J connectivity index is 2.13. The van der Waals surface area contributed by atoms with E-state index in [1.54, 1.807) is 24.3 Å². The number of nitrogens with one attached hydrogen (secondary N) is 1. The van der Waals surface area contributed by atoms with E-state index in [0.29, 0.717) is 12.0 Å². The summed E-state index contributed by atoms with van der Waals surface area (Å²) >= 11 is 0. The summed E-state index contributed by atoms with van der Waals surface area (Å²) in [5, 5.41) is 2.74. The maximum Gasteiger partial charge on any atom is 0.328 e. The van der Waals surface area contributed by atoms with Crippen LogP contribution in [-0.4, -0.2) is 25.0 Å². The second-order valence-corrected chi connectivity index (χ2v) is 5.11.